The second-order valence-electron chi connectivity index (χ2n) is 6.80. The highest BCUT2D eigenvalue weighted by atomic mass is 19.1. The summed E-state index contributed by atoms with van der Waals surface area (Å²) < 4.78 is 13.0. The van der Waals surface area contributed by atoms with Crippen LogP contribution in [0.3, 0.4) is 0 Å². The first kappa shape index (κ1) is 18.3. The molecule has 0 atom stereocenters. The third kappa shape index (κ3) is 4.17. The van der Waals surface area contributed by atoms with Crippen LogP contribution in [-0.2, 0) is 0 Å². The van der Waals surface area contributed by atoms with Crippen LogP contribution in [-0.4, -0.2) is 54.2 Å². The van der Waals surface area contributed by atoms with Crippen LogP contribution in [0.1, 0.15) is 31.8 Å². The molecule has 0 N–H and O–H groups in total. The molecule has 0 aromatic heterocycles. The van der Waals surface area contributed by atoms with E-state index >= 15 is 0 Å². The fourth-order valence-electron chi connectivity index (χ4n) is 3.10. The van der Waals surface area contributed by atoms with Crippen LogP contribution in [0.4, 0.5) is 4.39 Å². The average molecular weight is 354 g/mol. The third-order valence-electron chi connectivity index (χ3n) is 4.95. The Kier molecular flexibility index (Phi) is 5.47. The number of benzene rings is 2. The molecule has 0 aliphatic carbocycles. The molecule has 5 heteroatoms. The summed E-state index contributed by atoms with van der Waals surface area (Å²) in [6.45, 7) is 6.83. The zero-order chi connectivity index (χ0) is 18.7. The van der Waals surface area contributed by atoms with E-state index in [4.69, 9.17) is 0 Å². The van der Waals surface area contributed by atoms with Crippen LogP contribution in [0.2, 0.25) is 0 Å². The monoisotopic (exact) mass is 354 g/mol. The van der Waals surface area contributed by atoms with Crippen molar-refractivity contribution in [3.63, 3.8) is 0 Å². The molecule has 1 fully saturated rings. The Hall–Kier alpha value is -2.53. The molecule has 0 radical (unpaired) electrons. The van der Waals surface area contributed by atoms with E-state index in [1.165, 1.54) is 29.8 Å². The van der Waals surface area contributed by atoms with Gasteiger partial charge in [-0.2, -0.15) is 0 Å². The molecule has 2 aromatic carbocycles. The van der Waals surface area contributed by atoms with Gasteiger partial charge in [0.05, 0.1) is 6.54 Å². The molecule has 0 saturated carbocycles. The maximum absolute atomic E-state index is 13.0. The second kappa shape index (κ2) is 7.79. The molecule has 26 heavy (non-hydrogen) atoms. The maximum Gasteiger partial charge on any atom is 0.253 e. The lowest BCUT2D eigenvalue weighted by molar-refractivity contribution is 0.0624. The number of hydrogen-bond donors (Lipinski definition) is 0. The molecule has 1 saturated heterocycles. The van der Waals surface area contributed by atoms with Crippen molar-refractivity contribution in [1.29, 1.82) is 0 Å². The Morgan fingerprint density at radius 2 is 1.50 bits per heavy atom. The van der Waals surface area contributed by atoms with Gasteiger partial charge >= 0.3 is 0 Å². The highest BCUT2D eigenvalue weighted by Crippen LogP contribution is 2.14. The van der Waals surface area contributed by atoms with E-state index in [1.807, 2.05) is 41.8 Å². The van der Waals surface area contributed by atoms with Crippen molar-refractivity contribution in [2.24, 2.45) is 0 Å². The lowest BCUT2D eigenvalue weighted by Crippen LogP contribution is -2.49. The van der Waals surface area contributed by atoms with Crippen LogP contribution in [0.25, 0.3) is 0 Å². The summed E-state index contributed by atoms with van der Waals surface area (Å²) in [4.78, 5) is 28.8. The summed E-state index contributed by atoms with van der Waals surface area (Å²) in [6, 6.07) is 11.4. The lowest BCUT2D eigenvalue weighted by atomic mass is 10.1. The summed E-state index contributed by atoms with van der Waals surface area (Å²) in [5.74, 6) is -0.337. The minimum atomic E-state index is -0.347. The highest BCUT2D eigenvalue weighted by Gasteiger charge is 2.23. The second-order valence-corrected chi connectivity index (χ2v) is 6.80. The number of nitrogens with zero attached hydrogens (tertiary/aromatic N) is 2. The number of halogens is 1. The number of Topliss-reactive ketones (excluding diaryl/α,β-unsaturated/α-hetero) is 1. The maximum atomic E-state index is 13.0. The number of aryl methyl sites for hydroxylation is 2. The van der Waals surface area contributed by atoms with Crippen molar-refractivity contribution in [3.8, 4) is 0 Å². The predicted molar refractivity (Wildman–Crippen MR) is 99.0 cm³/mol. The predicted octanol–water partition coefficient (Wildman–Crippen LogP) is 3.08. The molecular weight excluding hydrogens is 331 g/mol. The Labute approximate surface area is 153 Å². The summed E-state index contributed by atoms with van der Waals surface area (Å²) in [5, 5.41) is 0. The number of carbonyl (C=O) groups excluding carboxylic acids is 2. The molecule has 2 aromatic rings. The first-order valence-electron chi connectivity index (χ1n) is 8.81. The van der Waals surface area contributed by atoms with Crippen LogP contribution in [0, 0.1) is 19.7 Å². The van der Waals surface area contributed by atoms with E-state index in [-0.39, 0.29) is 24.1 Å². The van der Waals surface area contributed by atoms with Gasteiger partial charge < -0.3 is 4.90 Å². The fraction of sp³-hybridized carbons (Fsp3) is 0.333. The molecule has 0 unspecified atom stereocenters. The topological polar surface area (TPSA) is 40.6 Å². The molecule has 136 valence electrons. The summed E-state index contributed by atoms with van der Waals surface area (Å²) in [7, 11) is 0. The van der Waals surface area contributed by atoms with E-state index in [0.717, 1.165) is 5.56 Å². The van der Waals surface area contributed by atoms with Crippen molar-refractivity contribution in [1.82, 2.24) is 9.80 Å². The van der Waals surface area contributed by atoms with Crippen molar-refractivity contribution in [2.45, 2.75) is 13.8 Å². The van der Waals surface area contributed by atoms with Gasteiger partial charge in [-0.3, -0.25) is 14.5 Å². The molecule has 0 spiro atoms. The Morgan fingerprint density at radius 1 is 0.885 bits per heavy atom. The molecule has 1 heterocycles. The molecule has 4 nitrogen and oxygen atoms in total. The van der Waals surface area contributed by atoms with Gasteiger partial charge in [-0.15, -0.1) is 0 Å². The summed E-state index contributed by atoms with van der Waals surface area (Å²) in [6.07, 6.45) is 0. The standard InChI is InChI=1S/C21H23FN2O2/c1-15-3-4-18(13-16(15)2)21(26)24-11-9-23(10-12-24)14-20(25)17-5-7-19(22)8-6-17/h3-8,13H,9-12,14H2,1-2H3. The van der Waals surface area contributed by atoms with Gasteiger partial charge in [0, 0.05) is 37.3 Å². The Balaban J connectivity index is 1.55. The first-order chi connectivity index (χ1) is 12.4. The van der Waals surface area contributed by atoms with Gasteiger partial charge in [0.15, 0.2) is 5.78 Å². The number of hydrogen-bond acceptors (Lipinski definition) is 3. The van der Waals surface area contributed by atoms with E-state index < -0.39 is 0 Å². The van der Waals surface area contributed by atoms with Gasteiger partial charge in [-0.25, -0.2) is 4.39 Å². The van der Waals surface area contributed by atoms with Crippen molar-refractivity contribution < 1.29 is 14.0 Å². The molecule has 1 amide bonds. The van der Waals surface area contributed by atoms with Crippen LogP contribution in [0.15, 0.2) is 42.5 Å². The number of ketones is 1. The number of piperazine rings is 1. The number of carbonyl (C=O) groups is 2. The van der Waals surface area contributed by atoms with Crippen molar-refractivity contribution >= 4 is 11.7 Å². The van der Waals surface area contributed by atoms with Crippen molar-refractivity contribution in [3.05, 3.63) is 70.5 Å². The summed E-state index contributed by atoms with van der Waals surface area (Å²) in [5.41, 5.74) is 3.51. The van der Waals surface area contributed by atoms with Gasteiger partial charge in [-0.05, 0) is 61.4 Å². The highest BCUT2D eigenvalue weighted by molar-refractivity contribution is 5.97. The minimum Gasteiger partial charge on any atom is -0.336 e. The number of rotatable bonds is 4. The molecule has 1 aliphatic heterocycles. The first-order valence-corrected chi connectivity index (χ1v) is 8.81. The molecule has 0 bridgehead atoms. The third-order valence-corrected chi connectivity index (χ3v) is 4.95. The zero-order valence-corrected chi connectivity index (χ0v) is 15.2. The van der Waals surface area contributed by atoms with Crippen molar-refractivity contribution in [2.75, 3.05) is 32.7 Å². The normalized spacial score (nSPS) is 15.1. The van der Waals surface area contributed by atoms with E-state index in [2.05, 4.69) is 0 Å². The fourth-order valence-corrected chi connectivity index (χ4v) is 3.10. The van der Waals surface area contributed by atoms with E-state index in [0.29, 0.717) is 37.3 Å². The minimum absolute atomic E-state index is 0.0288. The average Bonchev–Trinajstić information content (AvgIpc) is 2.64. The van der Waals surface area contributed by atoms with Gasteiger partial charge in [0.2, 0.25) is 0 Å². The van der Waals surface area contributed by atoms with E-state index in [1.54, 1.807) is 0 Å². The SMILES string of the molecule is Cc1ccc(C(=O)N2CCN(CC(=O)c3ccc(F)cc3)CC2)cc1C. The van der Waals surface area contributed by atoms with Gasteiger partial charge in [-0.1, -0.05) is 6.07 Å². The lowest BCUT2D eigenvalue weighted by Gasteiger charge is -2.34. The Bertz CT molecular complexity index is 809. The number of amides is 1. The van der Waals surface area contributed by atoms with Crippen LogP contribution >= 0.6 is 0 Å². The molecular formula is C21H23FN2O2. The zero-order valence-electron chi connectivity index (χ0n) is 15.2. The van der Waals surface area contributed by atoms with Crippen LogP contribution in [0.5, 0.6) is 0 Å². The largest absolute Gasteiger partial charge is 0.336 e. The van der Waals surface area contributed by atoms with E-state index in [9.17, 15) is 14.0 Å². The molecule has 1 aliphatic rings. The van der Waals surface area contributed by atoms with Gasteiger partial charge in [0.25, 0.3) is 5.91 Å². The quantitative estimate of drug-likeness (QED) is 0.793. The Morgan fingerprint density at radius 3 is 2.12 bits per heavy atom. The smallest absolute Gasteiger partial charge is 0.253 e. The summed E-state index contributed by atoms with van der Waals surface area (Å²) >= 11 is 0. The van der Waals surface area contributed by atoms with Crippen LogP contribution < -0.4 is 0 Å². The van der Waals surface area contributed by atoms with Gasteiger partial charge in [0.1, 0.15) is 5.82 Å². The molecule has 3 rings (SSSR count).